The second-order valence-electron chi connectivity index (χ2n) is 9.39. The lowest BCUT2D eigenvalue weighted by Gasteiger charge is -2.11. The fraction of sp³-hybridized carbons (Fsp3) is 0. The lowest BCUT2D eigenvalue weighted by Crippen LogP contribution is -1.90. The highest BCUT2D eigenvalue weighted by Crippen LogP contribution is 2.44. The smallest absolute Gasteiger partial charge is 0.0614 e. The van der Waals surface area contributed by atoms with Crippen LogP contribution in [-0.2, 0) is 0 Å². The molecule has 4 aromatic heterocycles. The van der Waals surface area contributed by atoms with Crippen LogP contribution in [0.25, 0.3) is 78.3 Å². The van der Waals surface area contributed by atoms with E-state index in [0.717, 1.165) is 0 Å². The maximum absolute atomic E-state index is 2.45. The first-order chi connectivity index (χ1) is 17.3. The summed E-state index contributed by atoms with van der Waals surface area (Å²) >= 11 is 3.79. The standard InChI is InChI=1S/C32H17NS2/c1-2-8-19-18(7-1)17-33-27-16-31-25(21-10-4-6-12-29(21)35-31)14-23(27)22-13-24-20-9-3-5-11-28(20)34-30(24)15-26(22)32(19)33/h1-17H. The second-order valence-corrected chi connectivity index (χ2v) is 11.6. The Morgan fingerprint density at radius 3 is 1.77 bits per heavy atom. The molecule has 9 aromatic rings. The van der Waals surface area contributed by atoms with E-state index >= 15 is 0 Å². The van der Waals surface area contributed by atoms with E-state index in [9.17, 15) is 0 Å². The van der Waals surface area contributed by atoms with Gasteiger partial charge in [-0.25, -0.2) is 0 Å². The Bertz CT molecular complexity index is 2330. The van der Waals surface area contributed by atoms with Crippen LogP contribution in [0, 0.1) is 0 Å². The fourth-order valence-electron chi connectivity index (χ4n) is 5.99. The number of hydrogen-bond acceptors (Lipinski definition) is 2. The number of fused-ring (bicyclic) bond motifs is 14. The minimum atomic E-state index is 1.28. The summed E-state index contributed by atoms with van der Waals surface area (Å²) < 4.78 is 7.84. The van der Waals surface area contributed by atoms with E-state index in [2.05, 4.69) is 108 Å². The van der Waals surface area contributed by atoms with Crippen molar-refractivity contribution >= 4 is 101 Å². The highest BCUT2D eigenvalue weighted by molar-refractivity contribution is 7.26. The van der Waals surface area contributed by atoms with Gasteiger partial charge in [-0.05, 0) is 41.8 Å². The molecule has 0 aliphatic heterocycles. The number of benzene rings is 5. The van der Waals surface area contributed by atoms with Gasteiger partial charge < -0.3 is 4.40 Å². The van der Waals surface area contributed by atoms with E-state index in [-0.39, 0.29) is 0 Å². The van der Waals surface area contributed by atoms with Crippen LogP contribution in [0.15, 0.2) is 103 Å². The van der Waals surface area contributed by atoms with Crippen molar-refractivity contribution in [2.75, 3.05) is 0 Å². The molecule has 0 N–H and O–H groups in total. The van der Waals surface area contributed by atoms with Gasteiger partial charge in [0.25, 0.3) is 0 Å². The van der Waals surface area contributed by atoms with Crippen LogP contribution < -0.4 is 0 Å². The average molecular weight is 480 g/mol. The zero-order valence-corrected chi connectivity index (χ0v) is 20.2. The van der Waals surface area contributed by atoms with Crippen molar-refractivity contribution in [2.24, 2.45) is 0 Å². The number of nitrogens with zero attached hydrogens (tertiary/aromatic N) is 1. The maximum Gasteiger partial charge on any atom is 0.0614 e. The highest BCUT2D eigenvalue weighted by atomic mass is 32.1. The van der Waals surface area contributed by atoms with Crippen molar-refractivity contribution in [3.8, 4) is 0 Å². The minimum Gasteiger partial charge on any atom is -0.315 e. The molecule has 0 bridgehead atoms. The summed E-state index contributed by atoms with van der Waals surface area (Å²) in [6.45, 7) is 0. The van der Waals surface area contributed by atoms with Crippen molar-refractivity contribution < 1.29 is 0 Å². The molecule has 0 fully saturated rings. The van der Waals surface area contributed by atoms with Crippen molar-refractivity contribution in [1.82, 2.24) is 4.40 Å². The third-order valence-corrected chi connectivity index (χ3v) is 9.81. The highest BCUT2D eigenvalue weighted by Gasteiger charge is 2.17. The van der Waals surface area contributed by atoms with E-state index in [1.807, 2.05) is 22.7 Å². The first kappa shape index (κ1) is 18.4. The van der Waals surface area contributed by atoms with Gasteiger partial charge in [0.05, 0.1) is 11.0 Å². The molecule has 0 aliphatic carbocycles. The van der Waals surface area contributed by atoms with Crippen LogP contribution in [0.1, 0.15) is 0 Å². The monoisotopic (exact) mass is 479 g/mol. The summed E-state index contributed by atoms with van der Waals surface area (Å²) in [4.78, 5) is 0. The average Bonchev–Trinajstić information content (AvgIpc) is 3.57. The Labute approximate surface area is 208 Å². The molecule has 5 aromatic carbocycles. The molecular formula is C32H17NS2. The molecule has 3 heteroatoms. The molecule has 0 unspecified atom stereocenters. The van der Waals surface area contributed by atoms with Crippen molar-refractivity contribution in [2.45, 2.75) is 0 Å². The molecule has 4 heterocycles. The molecule has 162 valence electrons. The summed E-state index contributed by atoms with van der Waals surface area (Å²) in [5, 5.41) is 12.0. The number of pyridine rings is 1. The van der Waals surface area contributed by atoms with E-state index in [1.54, 1.807) is 0 Å². The number of hydrogen-bond donors (Lipinski definition) is 0. The molecular weight excluding hydrogens is 462 g/mol. The van der Waals surface area contributed by atoms with Gasteiger partial charge >= 0.3 is 0 Å². The zero-order chi connectivity index (χ0) is 22.7. The van der Waals surface area contributed by atoms with Gasteiger partial charge in [-0.15, -0.1) is 22.7 Å². The fourth-order valence-corrected chi connectivity index (χ4v) is 8.24. The Morgan fingerprint density at radius 2 is 1.03 bits per heavy atom. The van der Waals surface area contributed by atoms with Crippen LogP contribution >= 0.6 is 22.7 Å². The molecule has 0 spiro atoms. The summed E-state index contributed by atoms with van der Waals surface area (Å²) in [6.07, 6.45) is 2.32. The summed E-state index contributed by atoms with van der Waals surface area (Å²) in [6, 6.07) is 36.1. The molecule has 9 rings (SSSR count). The van der Waals surface area contributed by atoms with Crippen molar-refractivity contribution in [3.05, 3.63) is 103 Å². The Morgan fingerprint density at radius 1 is 0.429 bits per heavy atom. The first-order valence-corrected chi connectivity index (χ1v) is 13.5. The summed E-state index contributed by atoms with van der Waals surface area (Å²) in [5.41, 5.74) is 2.59. The Hall–Kier alpha value is -3.92. The van der Waals surface area contributed by atoms with Gasteiger partial charge in [0.15, 0.2) is 0 Å². The van der Waals surface area contributed by atoms with Crippen LogP contribution in [0.5, 0.6) is 0 Å². The Kier molecular flexibility index (Phi) is 3.36. The van der Waals surface area contributed by atoms with E-state index in [4.69, 9.17) is 0 Å². The largest absolute Gasteiger partial charge is 0.315 e. The number of aromatic nitrogens is 1. The summed E-state index contributed by atoms with van der Waals surface area (Å²) in [7, 11) is 0. The maximum atomic E-state index is 2.45. The predicted molar refractivity (Wildman–Crippen MR) is 156 cm³/mol. The molecule has 0 radical (unpaired) electrons. The van der Waals surface area contributed by atoms with E-state index < -0.39 is 0 Å². The van der Waals surface area contributed by atoms with Crippen LogP contribution in [0.4, 0.5) is 0 Å². The van der Waals surface area contributed by atoms with Crippen LogP contribution in [0.2, 0.25) is 0 Å². The minimum absolute atomic E-state index is 1.28. The quantitative estimate of drug-likeness (QED) is 0.191. The second kappa shape index (κ2) is 6.39. The lowest BCUT2D eigenvalue weighted by molar-refractivity contribution is 1.30. The molecule has 0 atom stereocenters. The van der Waals surface area contributed by atoms with Gasteiger partial charge in [0.1, 0.15) is 0 Å². The van der Waals surface area contributed by atoms with Gasteiger partial charge in [0, 0.05) is 68.1 Å². The zero-order valence-electron chi connectivity index (χ0n) is 18.6. The van der Waals surface area contributed by atoms with Gasteiger partial charge in [-0.2, -0.15) is 0 Å². The van der Waals surface area contributed by atoms with Crippen LogP contribution in [0.3, 0.4) is 0 Å². The Balaban J connectivity index is 1.61. The number of rotatable bonds is 0. The lowest BCUT2D eigenvalue weighted by atomic mass is 9.99. The SMILES string of the molecule is c1ccc2c(c1)cn1c3cc4sc5ccccc5c4cc3c3cc4c(cc3c21)sc1ccccc14. The molecule has 0 saturated carbocycles. The topological polar surface area (TPSA) is 4.41 Å². The molecule has 35 heavy (non-hydrogen) atoms. The normalized spacial score (nSPS) is 12.6. The summed E-state index contributed by atoms with van der Waals surface area (Å²) in [5.74, 6) is 0. The van der Waals surface area contributed by atoms with Gasteiger partial charge in [0.2, 0.25) is 0 Å². The van der Waals surface area contributed by atoms with Gasteiger partial charge in [-0.1, -0.05) is 60.7 Å². The van der Waals surface area contributed by atoms with E-state index in [1.165, 1.54) is 78.3 Å². The van der Waals surface area contributed by atoms with Crippen LogP contribution in [-0.4, -0.2) is 4.40 Å². The van der Waals surface area contributed by atoms with Crippen molar-refractivity contribution in [3.63, 3.8) is 0 Å². The third kappa shape index (κ3) is 2.32. The van der Waals surface area contributed by atoms with E-state index in [0.29, 0.717) is 0 Å². The van der Waals surface area contributed by atoms with Gasteiger partial charge in [-0.3, -0.25) is 0 Å². The predicted octanol–water partition coefficient (Wildman–Crippen LogP) is 10.1. The third-order valence-electron chi connectivity index (χ3n) is 7.54. The molecule has 1 nitrogen and oxygen atoms in total. The molecule has 0 amide bonds. The number of thiophene rings is 2. The first-order valence-electron chi connectivity index (χ1n) is 11.9. The molecule has 0 saturated heterocycles. The van der Waals surface area contributed by atoms with Crippen molar-refractivity contribution in [1.29, 1.82) is 0 Å². The molecule has 0 aliphatic rings.